The molecule has 232 valence electrons. The molecule has 0 bridgehead atoms. The third-order valence-corrected chi connectivity index (χ3v) is 9.17. The largest absolute Gasteiger partial charge is 0.369 e. The molecule has 0 saturated carbocycles. The number of alkyl halides is 1. The van der Waals surface area contributed by atoms with Crippen LogP contribution in [0.4, 0.5) is 0 Å². The molecule has 0 fully saturated rings. The first-order valence-electron chi connectivity index (χ1n) is 14.3. The molecular weight excluding hydrogens is 619 g/mol. The van der Waals surface area contributed by atoms with Gasteiger partial charge in [-0.3, -0.25) is 19.3 Å². The number of amides is 1. The van der Waals surface area contributed by atoms with Crippen molar-refractivity contribution in [3.8, 4) is 0 Å². The number of primary amides is 1. The second-order valence-electron chi connectivity index (χ2n) is 13.8. The summed E-state index contributed by atoms with van der Waals surface area (Å²) in [5.74, 6) is -0.429. The van der Waals surface area contributed by atoms with Crippen LogP contribution in [0.5, 0.6) is 0 Å². The number of hydrogen-bond donors (Lipinski definition) is 3. The fraction of sp³-hybridized carbons (Fsp3) is 0.806. The highest BCUT2D eigenvalue weighted by Gasteiger charge is 2.48. The van der Waals surface area contributed by atoms with Gasteiger partial charge in [0.2, 0.25) is 5.91 Å². The van der Waals surface area contributed by atoms with Gasteiger partial charge in [0.25, 0.3) is 0 Å². The van der Waals surface area contributed by atoms with E-state index in [2.05, 4.69) is 39.8 Å². The normalized spacial score (nSPS) is 15.6. The molecule has 1 amide bonds. The van der Waals surface area contributed by atoms with Gasteiger partial charge in [0.1, 0.15) is 5.78 Å². The van der Waals surface area contributed by atoms with E-state index >= 15 is 0 Å². The van der Waals surface area contributed by atoms with Gasteiger partial charge in [0.05, 0.1) is 21.0 Å². The molecular formula is C31H57IN4O4. The number of Topliss-reactive ketones (excluding diaryl/α,β-unsaturated/α-hetero) is 3. The highest BCUT2D eigenvalue weighted by molar-refractivity contribution is 14.1. The third kappa shape index (κ3) is 11.6. The number of ketones is 3. The first-order chi connectivity index (χ1) is 17.9. The molecule has 40 heavy (non-hydrogen) atoms. The van der Waals surface area contributed by atoms with Crippen LogP contribution in [0.15, 0.2) is 12.7 Å². The Morgan fingerprint density at radius 2 is 1.55 bits per heavy atom. The van der Waals surface area contributed by atoms with Gasteiger partial charge in [-0.05, 0) is 74.3 Å². The molecule has 0 radical (unpaired) electrons. The van der Waals surface area contributed by atoms with Gasteiger partial charge in [0.15, 0.2) is 11.6 Å². The van der Waals surface area contributed by atoms with Crippen molar-refractivity contribution in [3.63, 3.8) is 0 Å². The molecule has 0 rings (SSSR count). The first kappa shape index (κ1) is 38.8. The van der Waals surface area contributed by atoms with E-state index < -0.39 is 22.5 Å². The lowest BCUT2D eigenvalue weighted by Gasteiger charge is -2.47. The van der Waals surface area contributed by atoms with Crippen molar-refractivity contribution in [1.82, 2.24) is 15.5 Å². The number of carbonyl (C=O) groups excluding carboxylic acids is 4. The minimum Gasteiger partial charge on any atom is -0.369 e. The molecule has 0 aliphatic carbocycles. The summed E-state index contributed by atoms with van der Waals surface area (Å²) in [6, 6.07) is -0.824. The second-order valence-corrected chi connectivity index (χ2v) is 16.4. The van der Waals surface area contributed by atoms with Gasteiger partial charge < -0.3 is 21.2 Å². The lowest BCUT2D eigenvalue weighted by Crippen LogP contribution is -2.62. The zero-order valence-corrected chi connectivity index (χ0v) is 29.3. The maximum atomic E-state index is 13.9. The minimum atomic E-state index is -0.904. The van der Waals surface area contributed by atoms with Crippen molar-refractivity contribution < 1.29 is 19.2 Å². The van der Waals surface area contributed by atoms with Gasteiger partial charge in [-0.25, -0.2) is 0 Å². The second kappa shape index (κ2) is 15.3. The third-order valence-electron chi connectivity index (χ3n) is 8.41. The molecule has 0 aromatic rings. The summed E-state index contributed by atoms with van der Waals surface area (Å²) in [4.78, 5) is 53.3. The summed E-state index contributed by atoms with van der Waals surface area (Å²) < 4.78 is -0.266. The van der Waals surface area contributed by atoms with Gasteiger partial charge in [0, 0.05) is 36.4 Å². The highest BCUT2D eigenvalue weighted by Crippen LogP contribution is 2.36. The molecule has 0 aliphatic heterocycles. The van der Waals surface area contributed by atoms with Crippen molar-refractivity contribution in [2.45, 2.75) is 129 Å². The van der Waals surface area contributed by atoms with E-state index in [0.717, 1.165) is 0 Å². The first-order valence-corrected chi connectivity index (χ1v) is 15.4. The van der Waals surface area contributed by atoms with Gasteiger partial charge in [-0.1, -0.05) is 56.4 Å². The Hall–Kier alpha value is -1.17. The van der Waals surface area contributed by atoms with E-state index in [9.17, 15) is 19.2 Å². The van der Waals surface area contributed by atoms with Crippen LogP contribution in [0.3, 0.4) is 0 Å². The average molecular weight is 677 g/mol. The Kier molecular flexibility index (Phi) is 14.9. The SMILES string of the molecule is C=CC(C(=O)C(C)(C)C(C)(C)NC(CCC(C)=O)CC(=O)C(C)(C)NCC(CC(C)C)C(N)=O)N(C)C(C)(C)I. The smallest absolute Gasteiger partial charge is 0.221 e. The Morgan fingerprint density at radius 1 is 1.02 bits per heavy atom. The molecule has 0 saturated heterocycles. The summed E-state index contributed by atoms with van der Waals surface area (Å²) in [6.45, 7) is 25.3. The van der Waals surface area contributed by atoms with Crippen LogP contribution < -0.4 is 16.4 Å². The van der Waals surface area contributed by atoms with Crippen LogP contribution in [0.25, 0.3) is 0 Å². The van der Waals surface area contributed by atoms with E-state index in [1.807, 2.05) is 67.3 Å². The van der Waals surface area contributed by atoms with E-state index in [0.29, 0.717) is 31.7 Å². The highest BCUT2D eigenvalue weighted by atomic mass is 127. The van der Waals surface area contributed by atoms with Crippen LogP contribution in [0.1, 0.15) is 102 Å². The Bertz CT molecular complexity index is 906. The standard InChI is InChI=1S/C31H57IN4O4/c1-14-24(36(13)31(11,12)32)26(39)28(5,6)30(9,10)35-23(16-15-21(4)37)18-25(38)29(7,8)34-19-22(27(33)40)17-20(2)3/h14,20,22-24,34-35H,1,15-19H2,2-13H3,(H2,33,40). The quantitative estimate of drug-likeness (QED) is 0.0732. The molecule has 4 N–H and O–H groups in total. The molecule has 9 heteroatoms. The maximum absolute atomic E-state index is 13.9. The van der Waals surface area contributed by atoms with E-state index in [1.165, 1.54) is 6.92 Å². The molecule has 0 aromatic heterocycles. The van der Waals surface area contributed by atoms with Crippen LogP contribution >= 0.6 is 22.6 Å². The number of nitrogens with zero attached hydrogens (tertiary/aromatic N) is 1. The summed E-state index contributed by atoms with van der Waals surface area (Å²) in [6.07, 6.45) is 3.28. The molecule has 3 unspecified atom stereocenters. The summed E-state index contributed by atoms with van der Waals surface area (Å²) in [7, 11) is 1.92. The van der Waals surface area contributed by atoms with Crippen LogP contribution in [0, 0.1) is 17.3 Å². The zero-order valence-electron chi connectivity index (χ0n) is 27.2. The summed E-state index contributed by atoms with van der Waals surface area (Å²) in [5.41, 5.74) is 3.15. The summed E-state index contributed by atoms with van der Waals surface area (Å²) in [5, 5.41) is 6.85. The molecule has 3 atom stereocenters. The van der Waals surface area contributed by atoms with Crippen molar-refractivity contribution in [3.05, 3.63) is 12.7 Å². The van der Waals surface area contributed by atoms with Gasteiger partial charge >= 0.3 is 0 Å². The lowest BCUT2D eigenvalue weighted by atomic mass is 9.68. The number of hydrogen-bond acceptors (Lipinski definition) is 7. The predicted molar refractivity (Wildman–Crippen MR) is 173 cm³/mol. The fourth-order valence-corrected chi connectivity index (χ4v) is 4.87. The number of halogens is 1. The Labute approximate surface area is 257 Å². The Balaban J connectivity index is 5.93. The van der Waals surface area contributed by atoms with Crippen molar-refractivity contribution in [2.75, 3.05) is 13.6 Å². The van der Waals surface area contributed by atoms with Crippen molar-refractivity contribution in [2.24, 2.45) is 23.0 Å². The van der Waals surface area contributed by atoms with Gasteiger partial charge in [-0.15, -0.1) is 6.58 Å². The van der Waals surface area contributed by atoms with E-state index in [-0.39, 0.29) is 45.2 Å². The molecule has 0 heterocycles. The van der Waals surface area contributed by atoms with Crippen molar-refractivity contribution in [1.29, 1.82) is 0 Å². The monoisotopic (exact) mass is 676 g/mol. The molecule has 0 aromatic carbocycles. The number of carbonyl (C=O) groups is 4. The van der Waals surface area contributed by atoms with E-state index in [4.69, 9.17) is 5.73 Å². The molecule has 0 aliphatic rings. The number of likely N-dealkylation sites (N-methyl/N-ethyl adjacent to an activating group) is 1. The van der Waals surface area contributed by atoms with Crippen LogP contribution in [0.2, 0.25) is 0 Å². The van der Waals surface area contributed by atoms with Crippen molar-refractivity contribution >= 4 is 45.8 Å². The van der Waals surface area contributed by atoms with Gasteiger partial charge in [-0.2, -0.15) is 0 Å². The zero-order chi connectivity index (χ0) is 31.9. The molecule has 8 nitrogen and oxygen atoms in total. The maximum Gasteiger partial charge on any atom is 0.221 e. The minimum absolute atomic E-state index is 0.0218. The number of nitrogens with two attached hydrogens (primary N) is 1. The number of rotatable bonds is 20. The predicted octanol–water partition coefficient (Wildman–Crippen LogP) is 4.82. The van der Waals surface area contributed by atoms with Crippen LogP contribution in [-0.4, -0.2) is 68.5 Å². The average Bonchev–Trinajstić information content (AvgIpc) is 2.78. The van der Waals surface area contributed by atoms with Crippen LogP contribution in [-0.2, 0) is 19.2 Å². The summed E-state index contributed by atoms with van der Waals surface area (Å²) >= 11 is 2.31. The number of nitrogens with one attached hydrogen (secondary N) is 2. The Morgan fingerprint density at radius 3 is 1.95 bits per heavy atom. The van der Waals surface area contributed by atoms with E-state index in [1.54, 1.807) is 19.9 Å². The topological polar surface area (TPSA) is 122 Å². The fourth-order valence-electron chi connectivity index (χ4n) is 4.57. The lowest BCUT2D eigenvalue weighted by molar-refractivity contribution is -0.135. The molecule has 0 spiro atoms.